The Bertz CT molecular complexity index is 1230. The van der Waals surface area contributed by atoms with E-state index in [-0.39, 0.29) is 11.8 Å². The Balaban J connectivity index is 1.40. The van der Waals surface area contributed by atoms with Gasteiger partial charge >= 0.3 is 0 Å². The molecule has 3 aromatic rings. The molecule has 1 aliphatic rings. The summed E-state index contributed by atoms with van der Waals surface area (Å²) < 4.78 is 1.90. The summed E-state index contributed by atoms with van der Waals surface area (Å²) in [7, 11) is 0. The average Bonchev–Trinajstić information content (AvgIpc) is 3.28. The maximum Gasteiger partial charge on any atom is 0.226 e. The highest BCUT2D eigenvalue weighted by Gasteiger charge is 2.26. The molecule has 8 heteroatoms. The van der Waals surface area contributed by atoms with Crippen molar-refractivity contribution >= 4 is 29.1 Å². The van der Waals surface area contributed by atoms with Gasteiger partial charge in [-0.2, -0.15) is 5.10 Å². The Morgan fingerprint density at radius 1 is 1.20 bits per heavy atom. The van der Waals surface area contributed by atoms with Crippen LogP contribution in [0.1, 0.15) is 53.4 Å². The van der Waals surface area contributed by atoms with Crippen LogP contribution in [0.2, 0.25) is 5.02 Å². The van der Waals surface area contributed by atoms with Crippen LogP contribution in [0.25, 0.3) is 5.65 Å². The molecule has 0 radical (unpaired) electrons. The van der Waals surface area contributed by atoms with Crippen molar-refractivity contribution in [1.29, 1.82) is 0 Å². The smallest absolute Gasteiger partial charge is 0.226 e. The first-order valence-electron chi connectivity index (χ1n) is 12.1. The van der Waals surface area contributed by atoms with E-state index in [1.165, 1.54) is 0 Å². The summed E-state index contributed by atoms with van der Waals surface area (Å²) in [5, 5.41) is 8.38. The van der Waals surface area contributed by atoms with E-state index in [0.29, 0.717) is 36.7 Å². The standard InChI is InChI=1S/C27H32ClN5O2/c1-4-13-29-26(34)10-9-23-18(2)30-25-17-24(31-33(25)19(23)3)21-11-14-32(15-12-21)27(35)16-20-5-7-22(28)8-6-20/h4-8,17,21H,1,9-16H2,2-3H3,(H,29,34). The summed E-state index contributed by atoms with van der Waals surface area (Å²) in [6.07, 6.45) is 4.85. The van der Waals surface area contributed by atoms with Crippen LogP contribution in [0.3, 0.4) is 0 Å². The molecular formula is C27H32ClN5O2. The number of fused-ring (bicyclic) bond motifs is 1. The Kier molecular flexibility index (Phi) is 7.86. The van der Waals surface area contributed by atoms with Gasteiger partial charge in [0.05, 0.1) is 12.1 Å². The largest absolute Gasteiger partial charge is 0.353 e. The lowest BCUT2D eigenvalue weighted by Gasteiger charge is -2.31. The summed E-state index contributed by atoms with van der Waals surface area (Å²) in [6, 6.07) is 9.52. The van der Waals surface area contributed by atoms with Gasteiger partial charge in [0.2, 0.25) is 11.8 Å². The molecule has 2 aromatic heterocycles. The minimum Gasteiger partial charge on any atom is -0.353 e. The topological polar surface area (TPSA) is 79.6 Å². The van der Waals surface area contributed by atoms with E-state index in [4.69, 9.17) is 21.7 Å². The zero-order chi connectivity index (χ0) is 24.9. The number of aromatic nitrogens is 3. The zero-order valence-corrected chi connectivity index (χ0v) is 21.1. The van der Waals surface area contributed by atoms with Crippen LogP contribution in [0.4, 0.5) is 0 Å². The van der Waals surface area contributed by atoms with E-state index >= 15 is 0 Å². The van der Waals surface area contributed by atoms with E-state index in [1.807, 2.05) is 47.5 Å². The van der Waals surface area contributed by atoms with E-state index < -0.39 is 0 Å². The average molecular weight is 494 g/mol. The molecule has 35 heavy (non-hydrogen) atoms. The first-order valence-corrected chi connectivity index (χ1v) is 12.5. The molecule has 2 amide bonds. The van der Waals surface area contributed by atoms with Crippen molar-refractivity contribution in [2.75, 3.05) is 19.6 Å². The van der Waals surface area contributed by atoms with Crippen LogP contribution in [0.15, 0.2) is 43.0 Å². The lowest BCUT2D eigenvalue weighted by Crippen LogP contribution is -2.38. The number of benzene rings is 1. The van der Waals surface area contributed by atoms with Crippen LogP contribution in [-0.2, 0) is 22.4 Å². The van der Waals surface area contributed by atoms with Crippen molar-refractivity contribution in [1.82, 2.24) is 24.8 Å². The van der Waals surface area contributed by atoms with Crippen LogP contribution in [0, 0.1) is 13.8 Å². The second-order valence-corrected chi connectivity index (χ2v) is 9.59. The number of likely N-dealkylation sites (tertiary alicyclic amines) is 1. The van der Waals surface area contributed by atoms with Gasteiger partial charge in [0.15, 0.2) is 5.65 Å². The van der Waals surface area contributed by atoms with E-state index in [2.05, 4.69) is 18.0 Å². The Hall–Kier alpha value is -3.19. The van der Waals surface area contributed by atoms with Crippen LogP contribution in [0.5, 0.6) is 0 Å². The van der Waals surface area contributed by atoms with Crippen molar-refractivity contribution in [2.24, 2.45) is 0 Å². The summed E-state index contributed by atoms with van der Waals surface area (Å²) in [5.41, 5.74) is 5.84. The van der Waals surface area contributed by atoms with Gasteiger partial charge < -0.3 is 10.2 Å². The molecule has 184 valence electrons. The van der Waals surface area contributed by atoms with Crippen molar-refractivity contribution in [3.8, 4) is 0 Å². The Morgan fingerprint density at radius 2 is 1.91 bits per heavy atom. The first kappa shape index (κ1) is 24.9. The lowest BCUT2D eigenvalue weighted by molar-refractivity contribution is -0.131. The summed E-state index contributed by atoms with van der Waals surface area (Å²) in [6.45, 7) is 9.57. The molecule has 0 atom stereocenters. The zero-order valence-electron chi connectivity index (χ0n) is 20.4. The van der Waals surface area contributed by atoms with Gasteiger partial charge in [-0.15, -0.1) is 6.58 Å². The minimum atomic E-state index is 0.00215. The number of halogens is 1. The van der Waals surface area contributed by atoms with Crippen LogP contribution < -0.4 is 5.32 Å². The number of piperidine rings is 1. The van der Waals surface area contributed by atoms with Gasteiger partial charge in [-0.3, -0.25) is 9.59 Å². The Morgan fingerprint density at radius 3 is 2.60 bits per heavy atom. The highest BCUT2D eigenvalue weighted by molar-refractivity contribution is 6.30. The molecule has 0 unspecified atom stereocenters. The number of hydrogen-bond acceptors (Lipinski definition) is 4. The maximum atomic E-state index is 12.8. The monoisotopic (exact) mass is 493 g/mol. The second-order valence-electron chi connectivity index (χ2n) is 9.15. The fraction of sp³-hybridized carbons (Fsp3) is 0.407. The predicted octanol–water partition coefficient (Wildman–Crippen LogP) is 4.18. The van der Waals surface area contributed by atoms with Crippen LogP contribution in [-0.4, -0.2) is 50.9 Å². The number of nitrogens with one attached hydrogen (secondary N) is 1. The summed E-state index contributed by atoms with van der Waals surface area (Å²) >= 11 is 5.95. The van der Waals surface area contributed by atoms with Gasteiger partial charge in [-0.1, -0.05) is 29.8 Å². The molecule has 0 saturated carbocycles. The molecule has 0 bridgehead atoms. The normalized spacial score (nSPS) is 14.3. The third-order valence-corrected chi connectivity index (χ3v) is 7.02. The minimum absolute atomic E-state index is 0.00215. The molecular weight excluding hydrogens is 462 g/mol. The van der Waals surface area contributed by atoms with Crippen molar-refractivity contribution in [3.05, 3.63) is 76.2 Å². The number of nitrogens with zero attached hydrogens (tertiary/aromatic N) is 4. The van der Waals surface area contributed by atoms with Crippen molar-refractivity contribution < 1.29 is 9.59 Å². The number of hydrogen-bond donors (Lipinski definition) is 1. The molecule has 0 spiro atoms. The van der Waals surface area contributed by atoms with Gasteiger partial charge in [0.1, 0.15) is 0 Å². The molecule has 1 aliphatic heterocycles. The van der Waals surface area contributed by atoms with E-state index in [9.17, 15) is 9.59 Å². The number of rotatable bonds is 8. The number of aryl methyl sites for hydroxylation is 2. The molecule has 1 aromatic carbocycles. The maximum absolute atomic E-state index is 12.8. The molecule has 1 saturated heterocycles. The highest BCUT2D eigenvalue weighted by atomic mass is 35.5. The second kappa shape index (κ2) is 11.0. The predicted molar refractivity (Wildman–Crippen MR) is 138 cm³/mol. The van der Waals surface area contributed by atoms with Gasteiger partial charge in [-0.25, -0.2) is 9.50 Å². The van der Waals surface area contributed by atoms with Crippen molar-refractivity contribution in [2.45, 2.75) is 51.9 Å². The van der Waals surface area contributed by atoms with Gasteiger partial charge in [-0.05, 0) is 56.4 Å². The Labute approximate surface area is 211 Å². The molecule has 4 rings (SSSR count). The molecule has 0 aliphatic carbocycles. The number of amides is 2. The highest BCUT2D eigenvalue weighted by Crippen LogP contribution is 2.29. The SMILES string of the molecule is C=CCNC(=O)CCc1c(C)nc2cc(C3CCN(C(=O)Cc4ccc(Cl)cc4)CC3)nn2c1C. The van der Waals surface area contributed by atoms with Gasteiger partial charge in [0, 0.05) is 54.4 Å². The number of carbonyl (C=O) groups is 2. The van der Waals surface area contributed by atoms with E-state index in [1.54, 1.807) is 6.08 Å². The summed E-state index contributed by atoms with van der Waals surface area (Å²) in [5.74, 6) is 0.446. The molecule has 7 nitrogen and oxygen atoms in total. The first-order chi connectivity index (χ1) is 16.9. The third-order valence-electron chi connectivity index (χ3n) is 6.76. The fourth-order valence-electron chi connectivity index (χ4n) is 4.73. The lowest BCUT2D eigenvalue weighted by atomic mass is 9.93. The van der Waals surface area contributed by atoms with Gasteiger partial charge in [0.25, 0.3) is 0 Å². The third kappa shape index (κ3) is 5.90. The van der Waals surface area contributed by atoms with Crippen molar-refractivity contribution in [3.63, 3.8) is 0 Å². The quantitative estimate of drug-likeness (QED) is 0.477. The van der Waals surface area contributed by atoms with Crippen LogP contribution >= 0.6 is 11.6 Å². The fourth-order valence-corrected chi connectivity index (χ4v) is 4.86. The number of carbonyl (C=O) groups excluding carboxylic acids is 2. The van der Waals surface area contributed by atoms with E-state index in [0.717, 1.165) is 59.8 Å². The molecule has 1 fully saturated rings. The molecule has 1 N–H and O–H groups in total. The summed E-state index contributed by atoms with van der Waals surface area (Å²) in [4.78, 5) is 31.5. The molecule has 3 heterocycles.